The molecule has 0 atom stereocenters. The van der Waals surface area contributed by atoms with Crippen LogP contribution in [-0.4, -0.2) is 49.1 Å². The predicted octanol–water partition coefficient (Wildman–Crippen LogP) is 0.268. The molecule has 0 unspecified atom stereocenters. The summed E-state index contributed by atoms with van der Waals surface area (Å²) in [5, 5.41) is 0. The van der Waals surface area contributed by atoms with E-state index in [0.717, 1.165) is 6.20 Å². The van der Waals surface area contributed by atoms with Gasteiger partial charge in [0.25, 0.3) is 5.91 Å². The number of nitrogens with zero attached hydrogens (tertiary/aromatic N) is 2. The zero-order valence-corrected chi connectivity index (χ0v) is 9.73. The maximum absolute atomic E-state index is 13.4. The van der Waals surface area contributed by atoms with E-state index >= 15 is 0 Å². The Balaban J connectivity index is 2.80. The summed E-state index contributed by atoms with van der Waals surface area (Å²) < 4.78 is 18.3. The summed E-state index contributed by atoms with van der Waals surface area (Å²) in [5.74, 6) is -1.02. The fourth-order valence-electron chi connectivity index (χ4n) is 1.39. The van der Waals surface area contributed by atoms with Crippen LogP contribution >= 0.6 is 0 Å². The van der Waals surface area contributed by atoms with E-state index in [1.165, 1.54) is 24.3 Å². The minimum Gasteiger partial charge on any atom is -0.383 e. The van der Waals surface area contributed by atoms with Crippen LogP contribution in [0.4, 0.5) is 4.39 Å². The number of carbonyl (C=O) groups excluding carboxylic acids is 1. The Kier molecular flexibility index (Phi) is 5.51. The van der Waals surface area contributed by atoms with Crippen LogP contribution in [0.2, 0.25) is 0 Å². The van der Waals surface area contributed by atoms with Crippen molar-refractivity contribution < 1.29 is 13.9 Å². The topological polar surface area (TPSA) is 68.5 Å². The molecule has 0 bridgehead atoms. The summed E-state index contributed by atoms with van der Waals surface area (Å²) >= 11 is 0. The molecule has 1 aromatic heterocycles. The number of carbonyl (C=O) groups is 1. The van der Waals surface area contributed by atoms with Gasteiger partial charge in [-0.25, -0.2) is 4.39 Å². The SMILES string of the molecule is COCCN(CCN)C(=O)c1ccncc1F. The Hall–Kier alpha value is -1.53. The molecule has 94 valence electrons. The quantitative estimate of drug-likeness (QED) is 0.776. The van der Waals surface area contributed by atoms with Crippen LogP contribution in [-0.2, 0) is 4.74 Å². The fourth-order valence-corrected chi connectivity index (χ4v) is 1.39. The fraction of sp³-hybridized carbons (Fsp3) is 0.455. The number of pyridine rings is 1. The number of methoxy groups -OCH3 is 1. The molecule has 0 spiro atoms. The van der Waals surface area contributed by atoms with Crippen molar-refractivity contribution in [1.82, 2.24) is 9.88 Å². The summed E-state index contributed by atoms with van der Waals surface area (Å²) in [6.45, 7) is 1.46. The lowest BCUT2D eigenvalue weighted by atomic mass is 10.2. The van der Waals surface area contributed by atoms with Crippen LogP contribution in [0.3, 0.4) is 0 Å². The van der Waals surface area contributed by atoms with Crippen molar-refractivity contribution in [2.45, 2.75) is 0 Å². The average molecular weight is 241 g/mol. The first-order valence-electron chi connectivity index (χ1n) is 5.28. The number of hydrogen-bond acceptors (Lipinski definition) is 4. The molecule has 1 amide bonds. The van der Waals surface area contributed by atoms with Crippen molar-refractivity contribution in [3.05, 3.63) is 29.8 Å². The molecule has 6 heteroatoms. The standard InChI is InChI=1S/C11H16FN3O2/c1-17-7-6-15(5-3-13)11(16)9-2-4-14-8-10(9)12/h2,4,8H,3,5-7,13H2,1H3. The van der Waals surface area contributed by atoms with Crippen molar-refractivity contribution in [3.8, 4) is 0 Å². The van der Waals surface area contributed by atoms with E-state index in [2.05, 4.69) is 4.98 Å². The number of ether oxygens (including phenoxy) is 1. The van der Waals surface area contributed by atoms with Crippen LogP contribution in [0.1, 0.15) is 10.4 Å². The van der Waals surface area contributed by atoms with Crippen LogP contribution in [0, 0.1) is 5.82 Å². The number of rotatable bonds is 6. The molecule has 0 aliphatic heterocycles. The van der Waals surface area contributed by atoms with Crippen LogP contribution in [0.5, 0.6) is 0 Å². The van der Waals surface area contributed by atoms with Crippen molar-refractivity contribution in [2.24, 2.45) is 5.73 Å². The largest absolute Gasteiger partial charge is 0.383 e. The molecule has 2 N–H and O–H groups in total. The molecule has 1 rings (SSSR count). The van der Waals surface area contributed by atoms with Gasteiger partial charge in [-0.15, -0.1) is 0 Å². The van der Waals surface area contributed by atoms with Crippen LogP contribution < -0.4 is 5.73 Å². The van der Waals surface area contributed by atoms with E-state index in [4.69, 9.17) is 10.5 Å². The molecule has 0 aliphatic carbocycles. The molecule has 0 saturated heterocycles. The third-order valence-electron chi connectivity index (χ3n) is 2.25. The molecule has 0 aliphatic rings. The highest BCUT2D eigenvalue weighted by Crippen LogP contribution is 2.08. The average Bonchev–Trinajstić information content (AvgIpc) is 2.34. The van der Waals surface area contributed by atoms with Crippen LogP contribution in [0.15, 0.2) is 18.5 Å². The van der Waals surface area contributed by atoms with Gasteiger partial charge in [0.05, 0.1) is 18.4 Å². The van der Waals surface area contributed by atoms with Gasteiger partial charge in [0.1, 0.15) is 0 Å². The van der Waals surface area contributed by atoms with Gasteiger partial charge in [0.15, 0.2) is 5.82 Å². The minimum atomic E-state index is -0.628. The van der Waals surface area contributed by atoms with Gasteiger partial charge < -0.3 is 15.4 Å². The second-order valence-electron chi connectivity index (χ2n) is 3.43. The highest BCUT2D eigenvalue weighted by molar-refractivity contribution is 5.94. The van der Waals surface area contributed by atoms with Gasteiger partial charge in [0, 0.05) is 32.9 Å². The zero-order valence-electron chi connectivity index (χ0n) is 9.73. The highest BCUT2D eigenvalue weighted by atomic mass is 19.1. The minimum absolute atomic E-state index is 0.00422. The Morgan fingerprint density at radius 3 is 2.94 bits per heavy atom. The van der Waals surface area contributed by atoms with Crippen LogP contribution in [0.25, 0.3) is 0 Å². The Bertz CT molecular complexity index is 373. The lowest BCUT2D eigenvalue weighted by molar-refractivity contribution is 0.0696. The van der Waals surface area contributed by atoms with Crippen molar-refractivity contribution in [1.29, 1.82) is 0 Å². The Morgan fingerprint density at radius 1 is 1.59 bits per heavy atom. The Labute approximate surface area is 99.4 Å². The van der Waals surface area contributed by atoms with Gasteiger partial charge in [-0.3, -0.25) is 9.78 Å². The smallest absolute Gasteiger partial charge is 0.257 e. The molecule has 0 saturated carbocycles. The molecule has 5 nitrogen and oxygen atoms in total. The number of amides is 1. The summed E-state index contributed by atoms with van der Waals surface area (Å²) in [7, 11) is 1.54. The predicted molar refractivity (Wildman–Crippen MR) is 61.0 cm³/mol. The number of aromatic nitrogens is 1. The highest BCUT2D eigenvalue weighted by Gasteiger charge is 2.18. The first-order valence-corrected chi connectivity index (χ1v) is 5.28. The second kappa shape index (κ2) is 6.93. The van der Waals surface area contributed by atoms with Gasteiger partial charge in [-0.1, -0.05) is 0 Å². The van der Waals surface area contributed by atoms with Crippen molar-refractivity contribution >= 4 is 5.91 Å². The summed E-state index contributed by atoms with van der Waals surface area (Å²) in [5.41, 5.74) is 5.42. The van der Waals surface area contributed by atoms with Gasteiger partial charge in [-0.05, 0) is 6.07 Å². The third-order valence-corrected chi connectivity index (χ3v) is 2.25. The maximum Gasteiger partial charge on any atom is 0.257 e. The van der Waals surface area contributed by atoms with Gasteiger partial charge in [-0.2, -0.15) is 0 Å². The molecule has 17 heavy (non-hydrogen) atoms. The number of halogens is 1. The lowest BCUT2D eigenvalue weighted by Crippen LogP contribution is -2.38. The van der Waals surface area contributed by atoms with Gasteiger partial charge in [0.2, 0.25) is 0 Å². The number of hydrogen-bond donors (Lipinski definition) is 1. The first kappa shape index (κ1) is 13.5. The molecule has 0 fully saturated rings. The van der Waals surface area contributed by atoms with E-state index in [-0.39, 0.29) is 5.56 Å². The van der Waals surface area contributed by atoms with Crippen molar-refractivity contribution in [2.75, 3.05) is 33.4 Å². The molecular weight excluding hydrogens is 225 g/mol. The third kappa shape index (κ3) is 3.76. The van der Waals surface area contributed by atoms with E-state index < -0.39 is 11.7 Å². The summed E-state index contributed by atoms with van der Waals surface area (Å²) in [4.78, 5) is 17.1. The first-order chi connectivity index (χ1) is 8.20. The maximum atomic E-state index is 13.4. The molecule has 0 radical (unpaired) electrons. The van der Waals surface area contributed by atoms with Crippen molar-refractivity contribution in [3.63, 3.8) is 0 Å². The molecule has 1 heterocycles. The van der Waals surface area contributed by atoms with Gasteiger partial charge >= 0.3 is 0 Å². The second-order valence-corrected chi connectivity index (χ2v) is 3.43. The molecule has 1 aromatic rings. The van der Waals surface area contributed by atoms with E-state index in [9.17, 15) is 9.18 Å². The molecule has 0 aromatic carbocycles. The monoisotopic (exact) mass is 241 g/mol. The number of nitrogens with two attached hydrogens (primary N) is 1. The zero-order chi connectivity index (χ0) is 12.7. The molecular formula is C11H16FN3O2. The lowest BCUT2D eigenvalue weighted by Gasteiger charge is -2.21. The van der Waals surface area contributed by atoms with E-state index in [1.54, 1.807) is 0 Å². The summed E-state index contributed by atoms with van der Waals surface area (Å²) in [6, 6.07) is 1.36. The summed E-state index contributed by atoms with van der Waals surface area (Å²) in [6.07, 6.45) is 2.40. The normalized spacial score (nSPS) is 10.3. The van der Waals surface area contributed by atoms with E-state index in [0.29, 0.717) is 26.2 Å². The van der Waals surface area contributed by atoms with E-state index in [1.807, 2.05) is 0 Å². The Morgan fingerprint density at radius 2 is 2.35 bits per heavy atom.